The minimum absolute atomic E-state index is 0.123. The number of benzene rings is 1. The zero-order valence-electron chi connectivity index (χ0n) is 16.8. The number of imide groups is 1. The Kier molecular flexibility index (Phi) is 5.39. The molecule has 1 aromatic heterocycles. The van der Waals surface area contributed by atoms with Gasteiger partial charge < -0.3 is 4.52 Å². The van der Waals surface area contributed by atoms with Gasteiger partial charge in [0.25, 0.3) is 0 Å². The summed E-state index contributed by atoms with van der Waals surface area (Å²) in [5, 5.41) is 6.46. The third-order valence-electron chi connectivity index (χ3n) is 6.71. The van der Waals surface area contributed by atoms with Gasteiger partial charge in [-0.05, 0) is 49.0 Å². The van der Waals surface area contributed by atoms with Gasteiger partial charge in [0.1, 0.15) is 6.26 Å². The number of piperidine rings is 2. The minimum atomic E-state index is -0.302. The lowest BCUT2D eigenvalue weighted by Gasteiger charge is -2.32. The molecule has 0 saturated carbocycles. The van der Waals surface area contributed by atoms with Crippen LogP contribution in [-0.4, -0.2) is 45.9 Å². The summed E-state index contributed by atoms with van der Waals surface area (Å²) in [4.78, 5) is 28.5. The molecule has 2 fully saturated rings. The first-order valence-electron chi connectivity index (χ1n) is 10.6. The van der Waals surface area contributed by atoms with Gasteiger partial charge in [0, 0.05) is 31.5 Å². The van der Waals surface area contributed by atoms with Crippen LogP contribution in [0.25, 0.3) is 0 Å². The number of hydrogen-bond donors (Lipinski definition) is 2. The number of carbonyl (C=O) groups is 2. The van der Waals surface area contributed by atoms with Gasteiger partial charge in [0.2, 0.25) is 11.8 Å². The second-order valence-corrected chi connectivity index (χ2v) is 8.96. The molecule has 5 rings (SSSR count). The van der Waals surface area contributed by atoms with Gasteiger partial charge >= 0.3 is 0 Å². The summed E-state index contributed by atoms with van der Waals surface area (Å²) in [6.45, 7) is 3.66. The molecule has 2 aromatic rings. The van der Waals surface area contributed by atoms with E-state index in [2.05, 4.69) is 38.5 Å². The lowest BCUT2D eigenvalue weighted by atomic mass is 9.93. The van der Waals surface area contributed by atoms with Crippen molar-refractivity contribution >= 4 is 24.4 Å². The van der Waals surface area contributed by atoms with E-state index in [0.717, 1.165) is 38.2 Å². The van der Waals surface area contributed by atoms with E-state index in [0.29, 0.717) is 25.3 Å². The highest BCUT2D eigenvalue weighted by atomic mass is 32.1. The molecular weight excluding hydrogens is 400 g/mol. The average molecular weight is 427 g/mol. The number of carbonyl (C=O) groups excluding carboxylic acids is 2. The highest BCUT2D eigenvalue weighted by Gasteiger charge is 2.39. The molecule has 30 heavy (non-hydrogen) atoms. The van der Waals surface area contributed by atoms with E-state index in [9.17, 15) is 9.59 Å². The largest absolute Gasteiger partial charge is 0.365 e. The summed E-state index contributed by atoms with van der Waals surface area (Å²) in [5.41, 5.74) is 4.83. The van der Waals surface area contributed by atoms with Crippen molar-refractivity contribution in [2.24, 2.45) is 0 Å². The first kappa shape index (κ1) is 19.8. The number of fused-ring (bicyclic) bond motifs is 1. The summed E-state index contributed by atoms with van der Waals surface area (Å²) >= 11 is 4.83. The molecule has 2 saturated heterocycles. The van der Waals surface area contributed by atoms with Crippen LogP contribution in [0, 0.1) is 0 Å². The van der Waals surface area contributed by atoms with Crippen molar-refractivity contribution in [3.05, 3.63) is 52.9 Å². The number of nitrogens with zero attached hydrogens (tertiary/aromatic N) is 3. The SMILES string of the molecule is O=C1CCC(N2Cc3c(CN4CCC(c5ccon5)CC4)cccc3C2S)C(=O)N1. The Morgan fingerprint density at radius 2 is 2.00 bits per heavy atom. The van der Waals surface area contributed by atoms with Crippen molar-refractivity contribution in [1.82, 2.24) is 20.3 Å². The topological polar surface area (TPSA) is 78.7 Å². The van der Waals surface area contributed by atoms with Crippen LogP contribution in [0.5, 0.6) is 0 Å². The maximum absolute atomic E-state index is 12.4. The molecule has 3 aliphatic rings. The van der Waals surface area contributed by atoms with Crippen LogP contribution in [0.15, 0.2) is 35.1 Å². The molecule has 0 bridgehead atoms. The third kappa shape index (κ3) is 3.68. The summed E-state index contributed by atoms with van der Waals surface area (Å²) < 4.78 is 5.00. The number of thiol groups is 1. The minimum Gasteiger partial charge on any atom is -0.365 e. The number of aromatic nitrogens is 1. The van der Waals surface area contributed by atoms with E-state index in [1.807, 2.05) is 6.07 Å². The number of rotatable bonds is 4. The fraction of sp³-hybridized carbons (Fsp3) is 0.500. The molecule has 0 spiro atoms. The maximum Gasteiger partial charge on any atom is 0.243 e. The Labute approximate surface area is 181 Å². The van der Waals surface area contributed by atoms with Crippen molar-refractivity contribution in [2.45, 2.75) is 56.1 Å². The normalized spacial score (nSPS) is 26.0. The zero-order chi connectivity index (χ0) is 20.7. The highest BCUT2D eigenvalue weighted by Crippen LogP contribution is 2.41. The standard InChI is InChI=1S/C22H26N4O3S/c27-20-5-4-19(21(28)23-20)26-13-17-15(2-1-3-16(17)22(26)30)12-25-9-6-14(7-10-25)18-8-11-29-24-18/h1-3,8,11,14,19,22,30H,4-7,9-10,12-13H2,(H,23,27,28). The van der Waals surface area contributed by atoms with Crippen molar-refractivity contribution in [2.75, 3.05) is 13.1 Å². The number of hydrogen-bond acceptors (Lipinski definition) is 7. The molecular formula is C22H26N4O3S. The third-order valence-corrected chi connectivity index (χ3v) is 7.29. The molecule has 0 radical (unpaired) electrons. The van der Waals surface area contributed by atoms with Gasteiger partial charge in [-0.2, -0.15) is 12.6 Å². The van der Waals surface area contributed by atoms with E-state index in [1.165, 1.54) is 16.7 Å². The van der Waals surface area contributed by atoms with Crippen molar-refractivity contribution in [1.29, 1.82) is 0 Å². The molecule has 1 N–H and O–H groups in total. The molecule has 8 heteroatoms. The van der Waals surface area contributed by atoms with Gasteiger partial charge in [-0.25, -0.2) is 0 Å². The summed E-state index contributed by atoms with van der Waals surface area (Å²) in [6.07, 6.45) is 4.76. The van der Waals surface area contributed by atoms with E-state index < -0.39 is 0 Å². The summed E-state index contributed by atoms with van der Waals surface area (Å²) in [6, 6.07) is 8.06. The van der Waals surface area contributed by atoms with Crippen LogP contribution in [0.4, 0.5) is 0 Å². The Hall–Kier alpha value is -2.16. The lowest BCUT2D eigenvalue weighted by molar-refractivity contribution is -0.137. The van der Waals surface area contributed by atoms with Gasteiger partial charge in [-0.3, -0.25) is 24.7 Å². The molecule has 3 aliphatic heterocycles. The van der Waals surface area contributed by atoms with Gasteiger partial charge in [-0.1, -0.05) is 23.4 Å². The van der Waals surface area contributed by atoms with Crippen LogP contribution in [-0.2, 0) is 22.7 Å². The maximum atomic E-state index is 12.4. The smallest absolute Gasteiger partial charge is 0.243 e. The van der Waals surface area contributed by atoms with E-state index in [-0.39, 0.29) is 23.2 Å². The van der Waals surface area contributed by atoms with Crippen LogP contribution >= 0.6 is 12.6 Å². The predicted molar refractivity (Wildman–Crippen MR) is 114 cm³/mol. The number of likely N-dealkylation sites (tertiary alicyclic amines) is 1. The molecule has 0 aliphatic carbocycles. The Morgan fingerprint density at radius 1 is 1.17 bits per heavy atom. The number of amides is 2. The van der Waals surface area contributed by atoms with Crippen LogP contribution in [0.1, 0.15) is 59.4 Å². The fourth-order valence-electron chi connectivity index (χ4n) is 5.02. The second kappa shape index (κ2) is 8.17. The quantitative estimate of drug-likeness (QED) is 0.578. The van der Waals surface area contributed by atoms with E-state index in [1.54, 1.807) is 6.26 Å². The van der Waals surface area contributed by atoms with Gasteiger partial charge in [-0.15, -0.1) is 0 Å². The molecule has 158 valence electrons. The fourth-order valence-corrected chi connectivity index (χ4v) is 5.51. The number of nitrogens with one attached hydrogen (secondary N) is 1. The summed E-state index contributed by atoms with van der Waals surface area (Å²) in [5.74, 6) is 0.0966. The second-order valence-electron chi connectivity index (χ2n) is 8.47. The molecule has 2 atom stereocenters. The van der Waals surface area contributed by atoms with Crippen molar-refractivity contribution in [3.8, 4) is 0 Å². The van der Waals surface area contributed by atoms with Crippen LogP contribution < -0.4 is 5.32 Å². The van der Waals surface area contributed by atoms with Crippen molar-refractivity contribution in [3.63, 3.8) is 0 Å². The first-order chi connectivity index (χ1) is 14.6. The van der Waals surface area contributed by atoms with Crippen LogP contribution in [0.3, 0.4) is 0 Å². The Balaban J connectivity index is 1.27. The van der Waals surface area contributed by atoms with Gasteiger partial charge in [0.15, 0.2) is 0 Å². The van der Waals surface area contributed by atoms with E-state index >= 15 is 0 Å². The van der Waals surface area contributed by atoms with Crippen LogP contribution in [0.2, 0.25) is 0 Å². The van der Waals surface area contributed by atoms with Crippen molar-refractivity contribution < 1.29 is 14.1 Å². The average Bonchev–Trinajstić information content (AvgIpc) is 3.39. The molecule has 2 unspecified atom stereocenters. The molecule has 1 aromatic carbocycles. The molecule has 2 amide bonds. The zero-order valence-corrected chi connectivity index (χ0v) is 17.7. The van der Waals surface area contributed by atoms with E-state index in [4.69, 9.17) is 17.2 Å². The lowest BCUT2D eigenvalue weighted by Crippen LogP contribution is -2.51. The molecule has 7 nitrogen and oxygen atoms in total. The monoisotopic (exact) mass is 426 g/mol. The first-order valence-corrected chi connectivity index (χ1v) is 11.1. The Morgan fingerprint density at radius 3 is 2.73 bits per heavy atom. The Bertz CT molecular complexity index is 940. The predicted octanol–water partition coefficient (Wildman–Crippen LogP) is 2.60. The summed E-state index contributed by atoms with van der Waals surface area (Å²) in [7, 11) is 0. The highest BCUT2D eigenvalue weighted by molar-refractivity contribution is 7.80. The van der Waals surface area contributed by atoms with Gasteiger partial charge in [0.05, 0.1) is 17.1 Å². The molecule has 4 heterocycles.